The topological polar surface area (TPSA) is 63.1 Å². The second-order valence-corrected chi connectivity index (χ2v) is 6.76. The monoisotopic (exact) mass is 294 g/mol. The van der Waals surface area contributed by atoms with Crippen LogP contribution in [0.5, 0.6) is 0 Å². The number of aryl methyl sites for hydroxylation is 1. The van der Waals surface area contributed by atoms with Gasteiger partial charge in [-0.1, -0.05) is 31.5 Å². The van der Waals surface area contributed by atoms with E-state index < -0.39 is 5.97 Å². The molecule has 1 N–H and O–H groups in total. The van der Waals surface area contributed by atoms with E-state index in [-0.39, 0.29) is 11.2 Å². The summed E-state index contributed by atoms with van der Waals surface area (Å²) in [6.07, 6.45) is 6.89. The Hall–Kier alpha value is -1.10. The first-order chi connectivity index (χ1) is 9.60. The van der Waals surface area contributed by atoms with Crippen LogP contribution in [0.3, 0.4) is 0 Å². The van der Waals surface area contributed by atoms with Crippen LogP contribution in [0.15, 0.2) is 17.4 Å². The predicted octanol–water partition coefficient (Wildman–Crippen LogP) is 3.55. The molecule has 2 rings (SSSR count). The van der Waals surface area contributed by atoms with Gasteiger partial charge in [0.15, 0.2) is 5.16 Å². The molecule has 0 amide bonds. The highest BCUT2D eigenvalue weighted by Gasteiger charge is 2.35. The zero-order chi connectivity index (χ0) is 14.5. The summed E-state index contributed by atoms with van der Waals surface area (Å²) in [5, 5.41) is 10.2. The van der Waals surface area contributed by atoms with Gasteiger partial charge in [-0.25, -0.2) is 9.97 Å². The molecule has 0 spiro atoms. The molecule has 0 saturated heterocycles. The Morgan fingerprint density at radius 2 is 2.30 bits per heavy atom. The van der Waals surface area contributed by atoms with Crippen LogP contribution in [0.4, 0.5) is 0 Å². The molecule has 5 heteroatoms. The van der Waals surface area contributed by atoms with Gasteiger partial charge in [-0.3, -0.25) is 4.79 Å². The Morgan fingerprint density at radius 1 is 1.50 bits per heavy atom. The van der Waals surface area contributed by atoms with Crippen molar-refractivity contribution in [1.29, 1.82) is 0 Å². The van der Waals surface area contributed by atoms with Gasteiger partial charge in [0.25, 0.3) is 0 Å². The van der Waals surface area contributed by atoms with Crippen LogP contribution in [-0.4, -0.2) is 26.3 Å². The molecule has 3 atom stereocenters. The highest BCUT2D eigenvalue weighted by molar-refractivity contribution is 7.99. The summed E-state index contributed by atoms with van der Waals surface area (Å²) < 4.78 is 0. The summed E-state index contributed by atoms with van der Waals surface area (Å²) >= 11 is 1.54. The molecule has 1 heterocycles. The molecule has 110 valence electrons. The third-order valence-electron chi connectivity index (χ3n) is 3.94. The molecular weight excluding hydrogens is 272 g/mol. The lowest BCUT2D eigenvalue weighted by atomic mass is 9.80. The predicted molar refractivity (Wildman–Crippen MR) is 79.8 cm³/mol. The van der Waals surface area contributed by atoms with Gasteiger partial charge >= 0.3 is 5.97 Å². The number of thioether (sulfide) groups is 1. The van der Waals surface area contributed by atoms with E-state index in [4.69, 9.17) is 0 Å². The minimum absolute atomic E-state index is 0.0969. The van der Waals surface area contributed by atoms with Crippen molar-refractivity contribution in [2.75, 3.05) is 0 Å². The normalized spacial score (nSPS) is 26.4. The number of aromatic nitrogens is 2. The van der Waals surface area contributed by atoms with Gasteiger partial charge < -0.3 is 5.11 Å². The van der Waals surface area contributed by atoms with Crippen LogP contribution in [-0.2, 0) is 4.79 Å². The van der Waals surface area contributed by atoms with Gasteiger partial charge in [0.05, 0.1) is 5.92 Å². The van der Waals surface area contributed by atoms with E-state index >= 15 is 0 Å². The highest BCUT2D eigenvalue weighted by Crippen LogP contribution is 2.40. The van der Waals surface area contributed by atoms with E-state index in [2.05, 4.69) is 16.9 Å². The first-order valence-corrected chi connectivity index (χ1v) is 8.17. The third kappa shape index (κ3) is 3.95. The second-order valence-electron chi connectivity index (χ2n) is 5.55. The molecule has 0 bridgehead atoms. The van der Waals surface area contributed by atoms with Gasteiger partial charge in [-0.05, 0) is 38.2 Å². The molecule has 0 radical (unpaired) electrons. The first kappa shape index (κ1) is 15.3. The number of carbonyl (C=O) groups is 1. The fourth-order valence-corrected chi connectivity index (χ4v) is 4.29. The number of carboxylic acid groups (broad SMARTS) is 1. The Balaban J connectivity index is 2.08. The van der Waals surface area contributed by atoms with Gasteiger partial charge in [-0.2, -0.15) is 0 Å². The van der Waals surface area contributed by atoms with E-state index in [1.54, 1.807) is 18.0 Å². The van der Waals surface area contributed by atoms with Crippen molar-refractivity contribution in [3.63, 3.8) is 0 Å². The lowest BCUT2D eigenvalue weighted by Crippen LogP contribution is -2.33. The van der Waals surface area contributed by atoms with Gasteiger partial charge in [0.1, 0.15) is 0 Å². The summed E-state index contributed by atoms with van der Waals surface area (Å²) in [5.41, 5.74) is 0.926. The molecule has 1 aromatic heterocycles. The van der Waals surface area contributed by atoms with Gasteiger partial charge in [0.2, 0.25) is 0 Å². The van der Waals surface area contributed by atoms with E-state index in [0.29, 0.717) is 11.1 Å². The van der Waals surface area contributed by atoms with Crippen LogP contribution in [0, 0.1) is 18.8 Å². The Bertz CT molecular complexity index is 467. The summed E-state index contributed by atoms with van der Waals surface area (Å²) in [6.45, 7) is 4.12. The fourth-order valence-electron chi connectivity index (χ4n) is 2.91. The standard InChI is InChI=1S/C15H22N2O2S/c1-3-4-11-5-6-12(14(18)19)13(9-11)20-15-16-8-7-10(2)17-15/h7-8,11-13H,3-6,9H2,1-2H3,(H,18,19). The van der Waals surface area contributed by atoms with Crippen LogP contribution in [0.25, 0.3) is 0 Å². The lowest BCUT2D eigenvalue weighted by molar-refractivity contribution is -0.142. The Labute approximate surface area is 124 Å². The lowest BCUT2D eigenvalue weighted by Gasteiger charge is -2.33. The SMILES string of the molecule is CCCC1CCC(C(=O)O)C(Sc2nccc(C)n2)C1. The van der Waals surface area contributed by atoms with Crippen LogP contribution in [0.2, 0.25) is 0 Å². The number of aliphatic carboxylic acids is 1. The van der Waals surface area contributed by atoms with Crippen LogP contribution in [0.1, 0.15) is 44.7 Å². The van der Waals surface area contributed by atoms with Crippen molar-refractivity contribution in [3.8, 4) is 0 Å². The average Bonchev–Trinajstić information content (AvgIpc) is 2.39. The summed E-state index contributed by atoms with van der Waals surface area (Å²) in [7, 11) is 0. The van der Waals surface area contributed by atoms with E-state index in [1.165, 1.54) is 12.8 Å². The minimum atomic E-state index is -0.676. The second kappa shape index (κ2) is 7.07. The molecular formula is C15H22N2O2S. The summed E-state index contributed by atoms with van der Waals surface area (Å²) in [5.74, 6) is -0.291. The maximum Gasteiger partial charge on any atom is 0.307 e. The maximum absolute atomic E-state index is 11.4. The Kier molecular flexibility index (Phi) is 5.40. The minimum Gasteiger partial charge on any atom is -0.481 e. The van der Waals surface area contributed by atoms with Crippen molar-refractivity contribution in [3.05, 3.63) is 18.0 Å². The fraction of sp³-hybridized carbons (Fsp3) is 0.667. The molecule has 4 nitrogen and oxygen atoms in total. The van der Waals surface area contributed by atoms with E-state index in [1.807, 2.05) is 13.0 Å². The number of hydrogen-bond acceptors (Lipinski definition) is 4. The maximum atomic E-state index is 11.4. The number of carboxylic acids is 1. The van der Waals surface area contributed by atoms with E-state index in [9.17, 15) is 9.90 Å². The molecule has 1 saturated carbocycles. The van der Waals surface area contributed by atoms with Gasteiger partial charge in [0, 0.05) is 17.1 Å². The van der Waals surface area contributed by atoms with Crippen molar-refractivity contribution in [1.82, 2.24) is 9.97 Å². The number of hydrogen-bond donors (Lipinski definition) is 1. The first-order valence-electron chi connectivity index (χ1n) is 7.29. The van der Waals surface area contributed by atoms with Crippen molar-refractivity contribution < 1.29 is 9.90 Å². The largest absolute Gasteiger partial charge is 0.481 e. The van der Waals surface area contributed by atoms with E-state index in [0.717, 1.165) is 25.0 Å². The van der Waals surface area contributed by atoms with Crippen molar-refractivity contribution in [2.24, 2.45) is 11.8 Å². The molecule has 1 aliphatic rings. The molecule has 20 heavy (non-hydrogen) atoms. The molecule has 1 aromatic rings. The van der Waals surface area contributed by atoms with Gasteiger partial charge in [-0.15, -0.1) is 0 Å². The zero-order valence-corrected chi connectivity index (χ0v) is 12.9. The number of nitrogens with zero attached hydrogens (tertiary/aromatic N) is 2. The van der Waals surface area contributed by atoms with Crippen molar-refractivity contribution in [2.45, 2.75) is 56.4 Å². The Morgan fingerprint density at radius 3 is 2.95 bits per heavy atom. The molecule has 0 aromatic carbocycles. The average molecular weight is 294 g/mol. The van der Waals surface area contributed by atoms with Crippen molar-refractivity contribution >= 4 is 17.7 Å². The molecule has 0 aliphatic heterocycles. The summed E-state index contributed by atoms with van der Waals surface area (Å²) in [4.78, 5) is 20.1. The third-order valence-corrected chi connectivity index (χ3v) is 5.18. The van der Waals surface area contributed by atoms with Crippen LogP contribution >= 0.6 is 11.8 Å². The smallest absolute Gasteiger partial charge is 0.307 e. The molecule has 3 unspecified atom stereocenters. The highest BCUT2D eigenvalue weighted by atomic mass is 32.2. The number of rotatable bonds is 5. The van der Waals surface area contributed by atoms with Crippen LogP contribution < -0.4 is 0 Å². The quantitative estimate of drug-likeness (QED) is 0.841. The zero-order valence-electron chi connectivity index (χ0n) is 12.1. The molecule has 1 fully saturated rings. The molecule has 1 aliphatic carbocycles. The summed E-state index contributed by atoms with van der Waals surface area (Å²) in [6, 6.07) is 1.86.